The SMILES string of the molecule is CC[C@H](N)[C@@H]1CC[C@@H](N)[C@@H](O[C@H]2[C@H](O[C@@H]3O[C@H](CO)[C@@H](O[C@H]4O[C@@H](CN)[C@@H](O)[C@H](O)[C@H]4N)[C@H]3O)[C@@H](O)[C@H](N)C[C@@H]2N)O1. The van der Waals surface area contributed by atoms with E-state index in [-0.39, 0.29) is 25.1 Å². The molecule has 1 saturated carbocycles. The first-order valence-corrected chi connectivity index (χ1v) is 14.7. The van der Waals surface area contributed by atoms with E-state index in [1.54, 1.807) is 0 Å². The molecule has 0 amide bonds. The zero-order valence-corrected chi connectivity index (χ0v) is 23.8. The van der Waals surface area contributed by atoms with E-state index < -0.39 is 105 Å². The third-order valence-electron chi connectivity index (χ3n) is 8.78. The van der Waals surface area contributed by atoms with Crippen LogP contribution in [0.25, 0.3) is 0 Å². The van der Waals surface area contributed by atoms with Crippen molar-refractivity contribution in [1.29, 1.82) is 0 Å². The van der Waals surface area contributed by atoms with Crippen molar-refractivity contribution >= 4 is 0 Å². The predicted molar refractivity (Wildman–Crippen MR) is 145 cm³/mol. The summed E-state index contributed by atoms with van der Waals surface area (Å²) in [5, 5.41) is 52.7. The second-order valence-electron chi connectivity index (χ2n) is 11.8. The Bertz CT molecular complexity index is 853. The Hall–Kier alpha value is -0.680. The minimum atomic E-state index is -1.53. The molecule has 3 aliphatic heterocycles. The molecule has 246 valence electrons. The lowest BCUT2D eigenvalue weighted by atomic mass is 9.84. The summed E-state index contributed by atoms with van der Waals surface area (Å²) in [7, 11) is 0. The van der Waals surface area contributed by atoms with Gasteiger partial charge in [-0.3, -0.25) is 0 Å². The number of aliphatic hydroxyl groups is 5. The maximum atomic E-state index is 11.2. The summed E-state index contributed by atoms with van der Waals surface area (Å²) >= 11 is 0. The second-order valence-corrected chi connectivity index (χ2v) is 11.8. The zero-order chi connectivity index (χ0) is 30.9. The molecule has 0 bridgehead atoms. The van der Waals surface area contributed by atoms with Gasteiger partial charge in [0.15, 0.2) is 18.9 Å². The summed E-state index contributed by atoms with van der Waals surface area (Å²) in [6.07, 6.45) is -12.8. The van der Waals surface area contributed by atoms with E-state index in [0.717, 1.165) is 0 Å². The van der Waals surface area contributed by atoms with Gasteiger partial charge in [0.05, 0.1) is 30.9 Å². The molecule has 42 heavy (non-hydrogen) atoms. The zero-order valence-electron chi connectivity index (χ0n) is 23.8. The van der Waals surface area contributed by atoms with Gasteiger partial charge in [0, 0.05) is 24.7 Å². The predicted octanol–water partition coefficient (Wildman–Crippen LogP) is -6.06. The largest absolute Gasteiger partial charge is 0.394 e. The fourth-order valence-corrected chi connectivity index (χ4v) is 6.02. The Morgan fingerprint density at radius 1 is 0.714 bits per heavy atom. The molecule has 3 saturated heterocycles. The maximum Gasteiger partial charge on any atom is 0.187 e. The van der Waals surface area contributed by atoms with Crippen molar-refractivity contribution < 1.29 is 54.0 Å². The first-order valence-electron chi connectivity index (χ1n) is 14.7. The van der Waals surface area contributed by atoms with Crippen molar-refractivity contribution in [3.8, 4) is 0 Å². The van der Waals surface area contributed by atoms with Crippen LogP contribution in [0.2, 0.25) is 0 Å². The van der Waals surface area contributed by atoms with E-state index in [4.69, 9.17) is 62.8 Å². The summed E-state index contributed by atoms with van der Waals surface area (Å²) in [6.45, 7) is 1.23. The summed E-state index contributed by atoms with van der Waals surface area (Å²) < 4.78 is 35.6. The Morgan fingerprint density at radius 3 is 2.00 bits per heavy atom. The molecule has 18 atom stereocenters. The first-order chi connectivity index (χ1) is 19.9. The van der Waals surface area contributed by atoms with E-state index in [1.807, 2.05) is 6.92 Å². The smallest absolute Gasteiger partial charge is 0.187 e. The van der Waals surface area contributed by atoms with Crippen LogP contribution in [0.4, 0.5) is 0 Å². The van der Waals surface area contributed by atoms with Gasteiger partial charge in [-0.25, -0.2) is 0 Å². The van der Waals surface area contributed by atoms with Crippen LogP contribution in [-0.4, -0.2) is 149 Å². The van der Waals surface area contributed by atoms with Gasteiger partial charge in [-0.1, -0.05) is 6.92 Å². The highest BCUT2D eigenvalue weighted by atomic mass is 16.8. The van der Waals surface area contributed by atoms with E-state index in [1.165, 1.54) is 0 Å². The van der Waals surface area contributed by atoms with Gasteiger partial charge in [0.25, 0.3) is 0 Å². The van der Waals surface area contributed by atoms with Crippen molar-refractivity contribution in [3.05, 3.63) is 0 Å². The van der Waals surface area contributed by atoms with Crippen LogP contribution < -0.4 is 34.4 Å². The number of hydrogen-bond acceptors (Lipinski definition) is 17. The molecule has 0 aromatic rings. The van der Waals surface area contributed by atoms with Crippen LogP contribution in [0.1, 0.15) is 32.6 Å². The number of nitrogens with two attached hydrogens (primary N) is 6. The van der Waals surface area contributed by atoms with Crippen LogP contribution in [-0.2, 0) is 28.4 Å². The average Bonchev–Trinajstić information content (AvgIpc) is 3.27. The molecule has 0 unspecified atom stereocenters. The molecular formula is C25H50N6O11. The minimum Gasteiger partial charge on any atom is -0.394 e. The Labute approximate surface area is 244 Å². The molecular weight excluding hydrogens is 560 g/mol. The molecule has 1 aliphatic carbocycles. The topological polar surface area (TPSA) is 313 Å². The van der Waals surface area contributed by atoms with Crippen LogP contribution in [0.15, 0.2) is 0 Å². The molecule has 0 aromatic heterocycles. The van der Waals surface area contributed by atoms with E-state index in [0.29, 0.717) is 19.3 Å². The normalized spacial score (nSPS) is 51.0. The highest BCUT2D eigenvalue weighted by Crippen LogP contribution is 2.34. The number of hydrogen-bond donors (Lipinski definition) is 11. The van der Waals surface area contributed by atoms with E-state index in [9.17, 15) is 25.5 Å². The van der Waals surface area contributed by atoms with Crippen LogP contribution in [0.3, 0.4) is 0 Å². The standard InChI is InChI=1S/C25H50N6O11/c1-2-8(27)12-4-3-9(28)23(37-12)40-20-11(30)5-10(29)16(33)22(20)42-25-19(36)21(14(7-32)39-25)41-24-15(31)18(35)17(34)13(6-26)38-24/h8-25,32-36H,2-7,26-31H2,1H3/t8-,9+,10+,11-,12-,13-,14+,15+,16-,17+,18+,19+,20+,21+,22+,23+,24+,25-/m0/s1. The summed E-state index contributed by atoms with van der Waals surface area (Å²) in [5.74, 6) is 0. The highest BCUT2D eigenvalue weighted by molar-refractivity contribution is 5.01. The Kier molecular flexibility index (Phi) is 11.9. The molecule has 0 radical (unpaired) electrons. The molecule has 3 heterocycles. The summed E-state index contributed by atoms with van der Waals surface area (Å²) in [6, 6.07) is -3.37. The molecule has 0 spiro atoms. The molecule has 4 aliphatic rings. The van der Waals surface area contributed by atoms with Gasteiger partial charge in [0.1, 0.15) is 48.8 Å². The maximum absolute atomic E-state index is 11.2. The van der Waals surface area contributed by atoms with E-state index >= 15 is 0 Å². The van der Waals surface area contributed by atoms with E-state index in [2.05, 4.69) is 0 Å². The lowest BCUT2D eigenvalue weighted by molar-refractivity contribution is -0.290. The van der Waals surface area contributed by atoms with Crippen molar-refractivity contribution in [2.24, 2.45) is 34.4 Å². The third kappa shape index (κ3) is 7.08. The number of aliphatic hydroxyl groups excluding tert-OH is 5. The third-order valence-corrected chi connectivity index (χ3v) is 8.78. The summed E-state index contributed by atoms with van der Waals surface area (Å²) in [4.78, 5) is 0. The monoisotopic (exact) mass is 610 g/mol. The van der Waals surface area contributed by atoms with Crippen molar-refractivity contribution in [2.75, 3.05) is 13.2 Å². The fourth-order valence-electron chi connectivity index (χ4n) is 6.02. The van der Waals surface area contributed by atoms with Crippen LogP contribution in [0.5, 0.6) is 0 Å². The second kappa shape index (κ2) is 14.6. The minimum absolute atomic E-state index is 0.134. The molecule has 17 nitrogen and oxygen atoms in total. The van der Waals surface area contributed by atoms with Gasteiger partial charge in [-0.15, -0.1) is 0 Å². The van der Waals surface area contributed by atoms with Crippen LogP contribution in [0, 0.1) is 0 Å². The molecule has 4 rings (SSSR count). The van der Waals surface area contributed by atoms with Crippen molar-refractivity contribution in [3.63, 3.8) is 0 Å². The number of ether oxygens (including phenoxy) is 6. The van der Waals surface area contributed by atoms with Gasteiger partial charge in [0.2, 0.25) is 0 Å². The molecule has 4 fully saturated rings. The molecule has 17 heteroatoms. The lowest BCUT2D eigenvalue weighted by Crippen LogP contribution is -2.65. The number of rotatable bonds is 10. The van der Waals surface area contributed by atoms with Crippen molar-refractivity contribution in [1.82, 2.24) is 0 Å². The highest BCUT2D eigenvalue weighted by Gasteiger charge is 2.53. The first kappa shape index (κ1) is 34.2. The lowest BCUT2D eigenvalue weighted by Gasteiger charge is -2.46. The molecule has 0 aromatic carbocycles. The van der Waals surface area contributed by atoms with Gasteiger partial charge in [-0.2, -0.15) is 0 Å². The van der Waals surface area contributed by atoms with Crippen LogP contribution >= 0.6 is 0 Å². The average molecular weight is 611 g/mol. The Morgan fingerprint density at radius 2 is 1.36 bits per heavy atom. The molecule has 17 N–H and O–H groups in total. The summed E-state index contributed by atoms with van der Waals surface area (Å²) in [5.41, 5.74) is 36.7. The Balaban J connectivity index is 1.48. The van der Waals surface area contributed by atoms with Gasteiger partial charge < -0.3 is 88.4 Å². The quantitative estimate of drug-likeness (QED) is 0.110. The van der Waals surface area contributed by atoms with Gasteiger partial charge in [-0.05, 0) is 25.7 Å². The van der Waals surface area contributed by atoms with Gasteiger partial charge >= 0.3 is 0 Å². The van der Waals surface area contributed by atoms with Crippen molar-refractivity contribution in [2.45, 2.75) is 143 Å². The fraction of sp³-hybridized carbons (Fsp3) is 1.00.